The molecule has 27 heavy (non-hydrogen) atoms. The van der Waals surface area contributed by atoms with Gasteiger partial charge >= 0.3 is 6.09 Å². The highest BCUT2D eigenvalue weighted by atomic mass is 127. The first-order chi connectivity index (χ1) is 12.3. The molecule has 0 unspecified atom stereocenters. The number of carbonyl (C=O) groups is 1. The van der Waals surface area contributed by atoms with E-state index < -0.39 is 16.6 Å². The molecule has 1 amide bonds. The van der Waals surface area contributed by atoms with E-state index >= 15 is 0 Å². The molecule has 8 nitrogen and oxygen atoms in total. The minimum Gasteiger partial charge on any atom is -0.444 e. The number of rotatable bonds is 6. The summed E-state index contributed by atoms with van der Waals surface area (Å²) in [4.78, 5) is 24.5. The van der Waals surface area contributed by atoms with Gasteiger partial charge in [0.05, 0.1) is 16.6 Å². The van der Waals surface area contributed by atoms with Crippen molar-refractivity contribution in [2.45, 2.75) is 40.2 Å². The van der Waals surface area contributed by atoms with E-state index in [1.165, 1.54) is 11.0 Å². The number of hydrogen-bond donors (Lipinski definition) is 1. The lowest BCUT2D eigenvalue weighted by molar-refractivity contribution is -0.384. The van der Waals surface area contributed by atoms with Gasteiger partial charge in [-0.15, -0.1) is 0 Å². The van der Waals surface area contributed by atoms with E-state index in [0.29, 0.717) is 22.3 Å². The maximum absolute atomic E-state index is 12.1. The van der Waals surface area contributed by atoms with Crippen LogP contribution in [0.2, 0.25) is 0 Å². The third kappa shape index (κ3) is 7.21. The number of nitrogens with zero attached hydrogens (tertiary/aromatic N) is 3. The zero-order valence-corrected chi connectivity index (χ0v) is 18.6. The van der Waals surface area contributed by atoms with Gasteiger partial charge in [-0.1, -0.05) is 13.8 Å². The lowest BCUT2D eigenvalue weighted by Gasteiger charge is -2.32. The Morgan fingerprint density at radius 1 is 1.37 bits per heavy atom. The van der Waals surface area contributed by atoms with Crippen LogP contribution in [0.1, 0.15) is 40.2 Å². The summed E-state index contributed by atoms with van der Waals surface area (Å²) in [5, 5.41) is 23.5. The predicted molar refractivity (Wildman–Crippen MR) is 112 cm³/mol. The van der Waals surface area contributed by atoms with Crippen LogP contribution in [0.5, 0.6) is 0 Å². The van der Waals surface area contributed by atoms with Gasteiger partial charge in [-0.05, 0) is 54.8 Å². The number of nitrogens with one attached hydrogen (secondary N) is 1. The van der Waals surface area contributed by atoms with Crippen LogP contribution in [0.15, 0.2) is 12.1 Å². The average molecular weight is 488 g/mol. The van der Waals surface area contributed by atoms with Crippen LogP contribution in [0.4, 0.5) is 16.2 Å². The van der Waals surface area contributed by atoms with Gasteiger partial charge < -0.3 is 15.0 Å². The monoisotopic (exact) mass is 488 g/mol. The quantitative estimate of drug-likeness (QED) is 0.362. The standard InChI is InChI=1S/C18H25IN4O4/c1-17(2,3)27-16(24)22(6)11-18(4,5)10-21-15-13(19)7-12(9-20)8-14(15)23(25)26/h7-8,21H,10-11H2,1-6H3. The molecule has 0 fully saturated rings. The molecule has 0 heterocycles. The van der Waals surface area contributed by atoms with Gasteiger partial charge in [0, 0.05) is 29.8 Å². The molecule has 1 N–H and O–H groups in total. The molecular formula is C18H25IN4O4. The molecule has 148 valence electrons. The Bertz CT molecular complexity index is 766. The number of nitriles is 1. The lowest BCUT2D eigenvalue weighted by atomic mass is 9.92. The number of hydrogen-bond acceptors (Lipinski definition) is 6. The smallest absolute Gasteiger partial charge is 0.410 e. The number of nitro benzene ring substituents is 1. The number of ether oxygens (including phenoxy) is 1. The Hall–Kier alpha value is -2.09. The Kier molecular flexibility index (Phi) is 7.42. The van der Waals surface area contributed by atoms with Crippen molar-refractivity contribution in [3.63, 3.8) is 0 Å². The summed E-state index contributed by atoms with van der Waals surface area (Å²) in [5.41, 5.74) is -0.494. The van der Waals surface area contributed by atoms with Crippen molar-refractivity contribution < 1.29 is 14.5 Å². The molecule has 0 aromatic heterocycles. The van der Waals surface area contributed by atoms with E-state index in [9.17, 15) is 14.9 Å². The zero-order chi connectivity index (χ0) is 21.0. The minimum absolute atomic E-state index is 0.144. The summed E-state index contributed by atoms with van der Waals surface area (Å²) < 4.78 is 5.94. The molecule has 9 heteroatoms. The van der Waals surface area contributed by atoms with Gasteiger partial charge in [-0.3, -0.25) is 10.1 Å². The minimum atomic E-state index is -0.576. The van der Waals surface area contributed by atoms with Crippen molar-refractivity contribution in [1.29, 1.82) is 5.26 Å². The molecule has 1 aromatic rings. The van der Waals surface area contributed by atoms with Gasteiger partial charge in [0.25, 0.3) is 5.69 Å². The fraction of sp³-hybridized carbons (Fsp3) is 0.556. The molecule has 0 atom stereocenters. The molecule has 0 aliphatic heterocycles. The average Bonchev–Trinajstić information content (AvgIpc) is 2.50. The molecule has 1 aromatic carbocycles. The zero-order valence-electron chi connectivity index (χ0n) is 16.4. The van der Waals surface area contributed by atoms with Crippen molar-refractivity contribution in [2.75, 3.05) is 25.5 Å². The summed E-state index contributed by atoms with van der Waals surface area (Å²) in [6.45, 7) is 10.1. The van der Waals surface area contributed by atoms with Gasteiger partial charge in [0.1, 0.15) is 11.3 Å². The van der Waals surface area contributed by atoms with Crippen molar-refractivity contribution in [3.05, 3.63) is 31.4 Å². The highest BCUT2D eigenvalue weighted by Crippen LogP contribution is 2.32. The molecule has 0 spiro atoms. The van der Waals surface area contributed by atoms with E-state index in [1.807, 2.05) is 42.5 Å². The summed E-state index contributed by atoms with van der Waals surface area (Å²) in [6, 6.07) is 4.77. The molecular weight excluding hydrogens is 463 g/mol. The van der Waals surface area contributed by atoms with Crippen LogP contribution in [0.3, 0.4) is 0 Å². The van der Waals surface area contributed by atoms with Crippen LogP contribution in [0.25, 0.3) is 0 Å². The first-order valence-electron chi connectivity index (χ1n) is 8.32. The van der Waals surface area contributed by atoms with Crippen LogP contribution >= 0.6 is 22.6 Å². The van der Waals surface area contributed by atoms with Gasteiger partial charge in [-0.2, -0.15) is 5.26 Å². The molecule has 1 rings (SSSR count). The van der Waals surface area contributed by atoms with Crippen LogP contribution in [-0.4, -0.2) is 41.7 Å². The maximum atomic E-state index is 12.1. The van der Waals surface area contributed by atoms with Crippen molar-refractivity contribution in [2.24, 2.45) is 5.41 Å². The fourth-order valence-corrected chi connectivity index (χ4v) is 3.21. The summed E-state index contributed by atoms with van der Waals surface area (Å²) in [7, 11) is 1.66. The number of benzene rings is 1. The Morgan fingerprint density at radius 2 is 1.96 bits per heavy atom. The second-order valence-corrected chi connectivity index (χ2v) is 9.24. The second-order valence-electron chi connectivity index (χ2n) is 8.08. The van der Waals surface area contributed by atoms with Crippen molar-refractivity contribution in [3.8, 4) is 6.07 Å². The molecule has 0 saturated heterocycles. The predicted octanol–water partition coefficient (Wildman–Crippen LogP) is 4.38. The summed E-state index contributed by atoms with van der Waals surface area (Å²) >= 11 is 1.97. The van der Waals surface area contributed by atoms with E-state index in [-0.39, 0.29) is 16.7 Å². The van der Waals surface area contributed by atoms with Crippen LogP contribution < -0.4 is 5.32 Å². The van der Waals surface area contributed by atoms with Crippen molar-refractivity contribution in [1.82, 2.24) is 4.90 Å². The van der Waals surface area contributed by atoms with E-state index in [0.717, 1.165) is 0 Å². The van der Waals surface area contributed by atoms with Crippen molar-refractivity contribution >= 4 is 40.1 Å². The fourth-order valence-electron chi connectivity index (χ4n) is 2.41. The number of amides is 1. The van der Waals surface area contributed by atoms with Crippen LogP contribution in [-0.2, 0) is 4.74 Å². The number of anilines is 1. The highest BCUT2D eigenvalue weighted by Gasteiger charge is 2.27. The molecule has 0 aliphatic rings. The third-order valence-electron chi connectivity index (χ3n) is 3.51. The second kappa shape index (κ2) is 8.73. The third-order valence-corrected chi connectivity index (χ3v) is 4.36. The Labute approximate surface area is 173 Å². The number of nitro groups is 1. The Morgan fingerprint density at radius 3 is 2.44 bits per heavy atom. The van der Waals surface area contributed by atoms with E-state index in [1.54, 1.807) is 33.9 Å². The molecule has 0 radical (unpaired) electrons. The van der Waals surface area contributed by atoms with E-state index in [2.05, 4.69) is 5.32 Å². The van der Waals surface area contributed by atoms with Gasteiger partial charge in [0.15, 0.2) is 0 Å². The van der Waals surface area contributed by atoms with Crippen LogP contribution in [0, 0.1) is 30.4 Å². The summed E-state index contributed by atoms with van der Waals surface area (Å²) in [6.07, 6.45) is -0.422. The maximum Gasteiger partial charge on any atom is 0.410 e. The lowest BCUT2D eigenvalue weighted by Crippen LogP contribution is -2.42. The molecule has 0 aliphatic carbocycles. The molecule has 0 bridgehead atoms. The normalized spacial score (nSPS) is 11.5. The first-order valence-corrected chi connectivity index (χ1v) is 9.39. The molecule has 0 saturated carbocycles. The van der Waals surface area contributed by atoms with Gasteiger partial charge in [0.2, 0.25) is 0 Å². The SMILES string of the molecule is CN(CC(C)(C)CNc1c(I)cc(C#N)cc1[N+](=O)[O-])C(=O)OC(C)(C)C. The number of carbonyl (C=O) groups excluding carboxylic acids is 1. The summed E-state index contributed by atoms with van der Waals surface area (Å²) in [5.74, 6) is 0. The largest absolute Gasteiger partial charge is 0.444 e. The highest BCUT2D eigenvalue weighted by molar-refractivity contribution is 14.1. The Balaban J connectivity index is 2.89. The topological polar surface area (TPSA) is 109 Å². The van der Waals surface area contributed by atoms with Gasteiger partial charge in [-0.25, -0.2) is 4.79 Å². The van der Waals surface area contributed by atoms with E-state index in [4.69, 9.17) is 10.00 Å². The number of halogens is 1. The first kappa shape index (κ1) is 23.0.